The molecule has 3 rings (SSSR count). The fourth-order valence-corrected chi connectivity index (χ4v) is 3.30. The molecule has 0 fully saturated rings. The summed E-state index contributed by atoms with van der Waals surface area (Å²) in [6.07, 6.45) is 0. The Hall–Kier alpha value is -1.81. The Morgan fingerprint density at radius 1 is 1.19 bits per heavy atom. The summed E-state index contributed by atoms with van der Waals surface area (Å²) in [7, 11) is 1.97. The zero-order valence-corrected chi connectivity index (χ0v) is 13.5. The van der Waals surface area contributed by atoms with E-state index in [1.807, 2.05) is 42.4 Å². The number of halogens is 1. The molecule has 0 aliphatic rings. The van der Waals surface area contributed by atoms with E-state index >= 15 is 0 Å². The molecule has 0 bridgehead atoms. The molecule has 5 heteroatoms. The summed E-state index contributed by atoms with van der Waals surface area (Å²) < 4.78 is 3.92. The van der Waals surface area contributed by atoms with E-state index in [2.05, 4.69) is 29.3 Å². The van der Waals surface area contributed by atoms with E-state index in [9.17, 15) is 0 Å². The van der Waals surface area contributed by atoms with Gasteiger partial charge in [-0.05, 0) is 26.8 Å². The van der Waals surface area contributed by atoms with E-state index in [0.29, 0.717) is 6.54 Å². The molecule has 0 N–H and O–H groups in total. The normalized spacial score (nSPS) is 13.0. The van der Waals surface area contributed by atoms with Crippen molar-refractivity contribution in [3.05, 3.63) is 46.9 Å². The van der Waals surface area contributed by atoms with Crippen molar-refractivity contribution < 1.29 is 0 Å². The summed E-state index contributed by atoms with van der Waals surface area (Å²) in [5.74, 6) is 0. The van der Waals surface area contributed by atoms with E-state index < -0.39 is 0 Å². The SMILES string of the molecule is Cc1nn(Cc2nn(C)c3ccccc23)c(C)c1C(C)Cl. The fraction of sp³-hybridized carbons (Fsp3) is 0.375. The summed E-state index contributed by atoms with van der Waals surface area (Å²) in [5.41, 5.74) is 5.41. The van der Waals surface area contributed by atoms with Gasteiger partial charge in [0.15, 0.2) is 0 Å². The lowest BCUT2D eigenvalue weighted by molar-refractivity contribution is 0.633. The van der Waals surface area contributed by atoms with Crippen molar-refractivity contribution in [1.82, 2.24) is 19.6 Å². The molecule has 21 heavy (non-hydrogen) atoms. The van der Waals surface area contributed by atoms with Crippen molar-refractivity contribution in [3.8, 4) is 0 Å². The van der Waals surface area contributed by atoms with Crippen molar-refractivity contribution in [2.45, 2.75) is 32.7 Å². The maximum absolute atomic E-state index is 6.26. The van der Waals surface area contributed by atoms with Crippen molar-refractivity contribution in [1.29, 1.82) is 0 Å². The number of aryl methyl sites for hydroxylation is 2. The third kappa shape index (κ3) is 2.33. The van der Waals surface area contributed by atoms with Gasteiger partial charge in [-0.2, -0.15) is 10.2 Å². The second-order valence-electron chi connectivity index (χ2n) is 5.45. The molecule has 0 aliphatic carbocycles. The van der Waals surface area contributed by atoms with Crippen LogP contribution in [0.2, 0.25) is 0 Å². The van der Waals surface area contributed by atoms with Crippen LogP contribution in [0.1, 0.15) is 34.9 Å². The van der Waals surface area contributed by atoms with Gasteiger partial charge >= 0.3 is 0 Å². The highest BCUT2D eigenvalue weighted by molar-refractivity contribution is 6.20. The first-order chi connectivity index (χ1) is 9.99. The molecular weight excluding hydrogens is 284 g/mol. The van der Waals surface area contributed by atoms with Gasteiger partial charge in [0, 0.05) is 23.7 Å². The van der Waals surface area contributed by atoms with Gasteiger partial charge in [0.2, 0.25) is 0 Å². The Balaban J connectivity index is 2.05. The molecule has 0 saturated carbocycles. The molecule has 0 radical (unpaired) electrons. The van der Waals surface area contributed by atoms with Gasteiger partial charge in [0.1, 0.15) is 0 Å². The van der Waals surface area contributed by atoms with Gasteiger partial charge in [-0.3, -0.25) is 9.36 Å². The molecule has 0 saturated heterocycles. The van der Waals surface area contributed by atoms with Crippen LogP contribution in [0, 0.1) is 13.8 Å². The minimum atomic E-state index is -0.0285. The van der Waals surface area contributed by atoms with Crippen molar-refractivity contribution >= 4 is 22.5 Å². The number of fused-ring (bicyclic) bond motifs is 1. The number of hydrogen-bond acceptors (Lipinski definition) is 2. The average Bonchev–Trinajstić information content (AvgIpc) is 2.89. The highest BCUT2D eigenvalue weighted by atomic mass is 35.5. The molecule has 0 amide bonds. The predicted molar refractivity (Wildman–Crippen MR) is 85.8 cm³/mol. The molecule has 2 heterocycles. The second-order valence-corrected chi connectivity index (χ2v) is 6.10. The van der Waals surface area contributed by atoms with Crippen LogP contribution in [-0.2, 0) is 13.6 Å². The average molecular weight is 303 g/mol. The minimum absolute atomic E-state index is 0.0285. The zero-order valence-electron chi connectivity index (χ0n) is 12.8. The van der Waals surface area contributed by atoms with Gasteiger partial charge in [-0.25, -0.2) is 0 Å². The first-order valence-electron chi connectivity index (χ1n) is 7.07. The van der Waals surface area contributed by atoms with Crippen LogP contribution in [0.4, 0.5) is 0 Å². The molecule has 110 valence electrons. The highest BCUT2D eigenvalue weighted by Crippen LogP contribution is 2.27. The van der Waals surface area contributed by atoms with Gasteiger partial charge in [0.25, 0.3) is 0 Å². The molecule has 3 aromatic rings. The van der Waals surface area contributed by atoms with Gasteiger partial charge in [-0.15, -0.1) is 11.6 Å². The van der Waals surface area contributed by atoms with Crippen molar-refractivity contribution in [2.24, 2.45) is 7.05 Å². The second kappa shape index (κ2) is 5.19. The highest BCUT2D eigenvalue weighted by Gasteiger charge is 2.17. The Kier molecular flexibility index (Phi) is 3.49. The number of benzene rings is 1. The molecule has 2 aromatic heterocycles. The van der Waals surface area contributed by atoms with Gasteiger partial charge in [0.05, 0.1) is 28.8 Å². The Morgan fingerprint density at radius 2 is 1.90 bits per heavy atom. The van der Waals surface area contributed by atoms with E-state index in [1.54, 1.807) is 0 Å². The number of aromatic nitrogens is 4. The van der Waals surface area contributed by atoms with E-state index in [4.69, 9.17) is 11.6 Å². The molecule has 4 nitrogen and oxygen atoms in total. The Labute approximate surface area is 129 Å². The minimum Gasteiger partial charge on any atom is -0.268 e. The molecular formula is C16H19ClN4. The maximum Gasteiger partial charge on any atom is 0.0918 e. The predicted octanol–water partition coefficient (Wildman–Crippen LogP) is 3.73. The topological polar surface area (TPSA) is 35.6 Å². The van der Waals surface area contributed by atoms with Crippen LogP contribution >= 0.6 is 11.6 Å². The lowest BCUT2D eigenvalue weighted by atomic mass is 10.1. The van der Waals surface area contributed by atoms with Gasteiger partial charge in [-0.1, -0.05) is 18.2 Å². The largest absolute Gasteiger partial charge is 0.268 e. The zero-order chi connectivity index (χ0) is 15.1. The van der Waals surface area contributed by atoms with Crippen LogP contribution in [0.25, 0.3) is 10.9 Å². The number of hydrogen-bond donors (Lipinski definition) is 0. The van der Waals surface area contributed by atoms with E-state index in [1.165, 1.54) is 5.39 Å². The Morgan fingerprint density at radius 3 is 2.57 bits per heavy atom. The molecule has 1 aromatic carbocycles. The van der Waals surface area contributed by atoms with E-state index in [-0.39, 0.29) is 5.38 Å². The monoisotopic (exact) mass is 302 g/mol. The number of alkyl halides is 1. The van der Waals surface area contributed by atoms with Gasteiger partial charge < -0.3 is 0 Å². The first-order valence-corrected chi connectivity index (χ1v) is 7.51. The maximum atomic E-state index is 6.26. The lowest BCUT2D eigenvalue weighted by Gasteiger charge is -2.05. The summed E-state index contributed by atoms with van der Waals surface area (Å²) in [5, 5.41) is 10.4. The third-order valence-electron chi connectivity index (χ3n) is 3.97. The van der Waals surface area contributed by atoms with E-state index in [0.717, 1.165) is 28.2 Å². The quantitative estimate of drug-likeness (QED) is 0.691. The first kappa shape index (κ1) is 14.1. The van der Waals surface area contributed by atoms with Crippen LogP contribution in [0.5, 0.6) is 0 Å². The number of nitrogens with zero attached hydrogens (tertiary/aromatic N) is 4. The molecule has 0 aliphatic heterocycles. The van der Waals surface area contributed by atoms with Crippen LogP contribution < -0.4 is 0 Å². The molecule has 0 spiro atoms. The summed E-state index contributed by atoms with van der Waals surface area (Å²) in [6, 6.07) is 8.26. The smallest absolute Gasteiger partial charge is 0.0918 e. The number of rotatable bonds is 3. The summed E-state index contributed by atoms with van der Waals surface area (Å²) in [6.45, 7) is 6.73. The molecule has 1 atom stereocenters. The third-order valence-corrected chi connectivity index (χ3v) is 4.19. The van der Waals surface area contributed by atoms with Crippen molar-refractivity contribution in [2.75, 3.05) is 0 Å². The summed E-state index contributed by atoms with van der Waals surface area (Å²) >= 11 is 6.26. The fourth-order valence-electron chi connectivity index (χ4n) is 2.99. The van der Waals surface area contributed by atoms with Crippen LogP contribution in [0.15, 0.2) is 24.3 Å². The Bertz CT molecular complexity index is 798. The van der Waals surface area contributed by atoms with Crippen LogP contribution in [0.3, 0.4) is 0 Å². The standard InChI is InChI=1S/C16H19ClN4/c1-10(17)16-11(2)18-21(12(16)3)9-14-13-7-5-6-8-15(13)20(4)19-14/h5-8,10H,9H2,1-4H3. The van der Waals surface area contributed by atoms with Crippen LogP contribution in [-0.4, -0.2) is 19.6 Å². The summed E-state index contributed by atoms with van der Waals surface area (Å²) in [4.78, 5) is 0. The number of para-hydroxylation sites is 1. The van der Waals surface area contributed by atoms with Crippen molar-refractivity contribution in [3.63, 3.8) is 0 Å². The molecule has 1 unspecified atom stereocenters. The lowest BCUT2D eigenvalue weighted by Crippen LogP contribution is -2.06.